The van der Waals surface area contributed by atoms with Gasteiger partial charge in [0.15, 0.2) is 0 Å². The maximum atomic E-state index is 13.4. The van der Waals surface area contributed by atoms with Gasteiger partial charge in [-0.15, -0.1) is 0 Å². The van der Waals surface area contributed by atoms with Crippen molar-refractivity contribution >= 4 is 16.9 Å². The molecule has 0 aliphatic heterocycles. The van der Waals surface area contributed by atoms with Crippen LogP contribution in [0.4, 0.5) is 4.39 Å². The van der Waals surface area contributed by atoms with Crippen molar-refractivity contribution in [3.63, 3.8) is 0 Å². The van der Waals surface area contributed by atoms with Gasteiger partial charge in [-0.25, -0.2) is 4.39 Å². The molecule has 0 amide bonds. The normalized spacial score (nSPS) is 18.9. The largest absolute Gasteiger partial charge is 0.481 e. The molecule has 1 heterocycles. The van der Waals surface area contributed by atoms with Crippen LogP contribution < -0.4 is 0 Å². The fourth-order valence-corrected chi connectivity index (χ4v) is 3.05. The smallest absolute Gasteiger partial charge is 0.311 e. The highest BCUT2D eigenvalue weighted by molar-refractivity contribution is 5.91. The minimum Gasteiger partial charge on any atom is -0.481 e. The summed E-state index contributed by atoms with van der Waals surface area (Å²) in [5.74, 6) is -1.63. The maximum Gasteiger partial charge on any atom is 0.311 e. The van der Waals surface area contributed by atoms with E-state index in [2.05, 4.69) is 0 Å². The Morgan fingerprint density at radius 1 is 1.50 bits per heavy atom. The Balaban J connectivity index is 2.36. The molecule has 1 aromatic carbocycles. The molecular formula is C14H14FNO2. The molecule has 3 rings (SSSR count). The summed E-state index contributed by atoms with van der Waals surface area (Å²) in [7, 11) is 1.92. The Morgan fingerprint density at radius 2 is 2.28 bits per heavy atom. The predicted molar refractivity (Wildman–Crippen MR) is 66.2 cm³/mol. The zero-order valence-corrected chi connectivity index (χ0v) is 10.1. The van der Waals surface area contributed by atoms with E-state index < -0.39 is 11.9 Å². The van der Waals surface area contributed by atoms with Crippen LogP contribution in [0.25, 0.3) is 10.9 Å². The SMILES string of the molecule is Cn1c2c(c3cc(F)ccc31)C(C(=O)O)CCC2. The highest BCUT2D eigenvalue weighted by Crippen LogP contribution is 2.38. The molecule has 0 saturated carbocycles. The highest BCUT2D eigenvalue weighted by Gasteiger charge is 2.31. The predicted octanol–water partition coefficient (Wildman–Crippen LogP) is 2.82. The Labute approximate surface area is 104 Å². The molecule has 94 valence electrons. The lowest BCUT2D eigenvalue weighted by atomic mass is 9.85. The molecule has 18 heavy (non-hydrogen) atoms. The van der Waals surface area contributed by atoms with E-state index in [0.717, 1.165) is 35.0 Å². The average Bonchev–Trinajstić information content (AvgIpc) is 2.63. The second-order valence-electron chi connectivity index (χ2n) is 4.86. The van der Waals surface area contributed by atoms with E-state index in [1.165, 1.54) is 12.1 Å². The Morgan fingerprint density at radius 3 is 3.00 bits per heavy atom. The monoisotopic (exact) mass is 247 g/mol. The second-order valence-corrected chi connectivity index (χ2v) is 4.86. The van der Waals surface area contributed by atoms with Crippen LogP contribution in [-0.4, -0.2) is 15.6 Å². The van der Waals surface area contributed by atoms with Gasteiger partial charge in [0.1, 0.15) is 5.82 Å². The Kier molecular flexibility index (Phi) is 2.40. The number of fused-ring (bicyclic) bond motifs is 3. The van der Waals surface area contributed by atoms with Crippen LogP contribution in [0.15, 0.2) is 18.2 Å². The number of carboxylic acid groups (broad SMARTS) is 1. The van der Waals surface area contributed by atoms with Gasteiger partial charge in [0, 0.05) is 23.6 Å². The molecule has 1 aromatic heterocycles. The zero-order chi connectivity index (χ0) is 12.9. The number of carboxylic acids is 1. The molecule has 1 unspecified atom stereocenters. The van der Waals surface area contributed by atoms with Gasteiger partial charge < -0.3 is 9.67 Å². The van der Waals surface area contributed by atoms with E-state index in [1.54, 1.807) is 6.07 Å². The lowest BCUT2D eigenvalue weighted by molar-refractivity contribution is -0.139. The quantitative estimate of drug-likeness (QED) is 0.842. The molecule has 1 atom stereocenters. The van der Waals surface area contributed by atoms with Gasteiger partial charge in [-0.2, -0.15) is 0 Å². The van der Waals surface area contributed by atoms with E-state index in [1.807, 2.05) is 11.6 Å². The van der Waals surface area contributed by atoms with Crippen LogP contribution in [0.5, 0.6) is 0 Å². The van der Waals surface area contributed by atoms with Crippen LogP contribution in [0, 0.1) is 5.82 Å². The van der Waals surface area contributed by atoms with Crippen LogP contribution >= 0.6 is 0 Å². The summed E-state index contributed by atoms with van der Waals surface area (Å²) >= 11 is 0. The van der Waals surface area contributed by atoms with Crippen molar-refractivity contribution in [2.75, 3.05) is 0 Å². The highest BCUT2D eigenvalue weighted by atomic mass is 19.1. The van der Waals surface area contributed by atoms with Crippen molar-refractivity contribution in [2.45, 2.75) is 25.2 Å². The molecule has 1 N–H and O–H groups in total. The first kappa shape index (κ1) is 11.3. The summed E-state index contributed by atoms with van der Waals surface area (Å²) < 4.78 is 15.4. The molecule has 0 saturated heterocycles. The topological polar surface area (TPSA) is 42.2 Å². The molecule has 2 aromatic rings. The third-order valence-corrected chi connectivity index (χ3v) is 3.88. The van der Waals surface area contributed by atoms with Gasteiger partial charge in [0.05, 0.1) is 5.92 Å². The Hall–Kier alpha value is -1.84. The summed E-state index contributed by atoms with van der Waals surface area (Å²) in [6.45, 7) is 0. The summed E-state index contributed by atoms with van der Waals surface area (Å²) in [4.78, 5) is 11.4. The summed E-state index contributed by atoms with van der Waals surface area (Å²) in [6, 6.07) is 4.60. The number of hydrogen-bond acceptors (Lipinski definition) is 1. The average molecular weight is 247 g/mol. The molecule has 1 aliphatic carbocycles. The van der Waals surface area contributed by atoms with E-state index in [0.29, 0.717) is 6.42 Å². The molecule has 0 bridgehead atoms. The minimum absolute atomic E-state index is 0.314. The molecule has 3 nitrogen and oxygen atoms in total. The molecule has 0 fully saturated rings. The summed E-state index contributed by atoms with van der Waals surface area (Å²) in [6.07, 6.45) is 2.38. The lowest BCUT2D eigenvalue weighted by Gasteiger charge is -2.20. The van der Waals surface area contributed by atoms with E-state index >= 15 is 0 Å². The third kappa shape index (κ3) is 1.45. The lowest BCUT2D eigenvalue weighted by Crippen LogP contribution is -2.18. The van der Waals surface area contributed by atoms with Crippen molar-refractivity contribution in [1.82, 2.24) is 4.57 Å². The third-order valence-electron chi connectivity index (χ3n) is 3.88. The number of nitrogens with zero attached hydrogens (tertiary/aromatic N) is 1. The maximum absolute atomic E-state index is 13.4. The van der Waals surface area contributed by atoms with Gasteiger partial charge in [-0.1, -0.05) is 0 Å². The van der Waals surface area contributed by atoms with Crippen LogP contribution in [0.2, 0.25) is 0 Å². The van der Waals surface area contributed by atoms with Gasteiger partial charge >= 0.3 is 5.97 Å². The molecule has 1 aliphatic rings. The van der Waals surface area contributed by atoms with Crippen molar-refractivity contribution < 1.29 is 14.3 Å². The van der Waals surface area contributed by atoms with Gasteiger partial charge in [-0.3, -0.25) is 4.79 Å². The first-order valence-corrected chi connectivity index (χ1v) is 6.09. The second kappa shape index (κ2) is 3.83. The standard InChI is InChI=1S/C14H14FNO2/c1-16-11-6-5-8(15)7-10(11)13-9(14(17)18)3-2-4-12(13)16/h5-7,9H,2-4H2,1H3,(H,17,18). The van der Waals surface area contributed by atoms with Crippen molar-refractivity contribution in [3.8, 4) is 0 Å². The van der Waals surface area contributed by atoms with Crippen LogP contribution in [0.1, 0.15) is 30.0 Å². The number of aliphatic carboxylic acids is 1. The number of aryl methyl sites for hydroxylation is 1. The number of hydrogen-bond donors (Lipinski definition) is 1. The number of carbonyl (C=O) groups is 1. The first-order chi connectivity index (χ1) is 8.59. The number of rotatable bonds is 1. The summed E-state index contributed by atoms with van der Waals surface area (Å²) in [5, 5.41) is 10.1. The fraction of sp³-hybridized carbons (Fsp3) is 0.357. The van der Waals surface area contributed by atoms with Crippen LogP contribution in [0.3, 0.4) is 0 Å². The van der Waals surface area contributed by atoms with Gasteiger partial charge in [0.25, 0.3) is 0 Å². The first-order valence-electron chi connectivity index (χ1n) is 6.09. The fourth-order valence-electron chi connectivity index (χ4n) is 3.05. The number of benzene rings is 1. The van der Waals surface area contributed by atoms with Crippen molar-refractivity contribution in [3.05, 3.63) is 35.3 Å². The van der Waals surface area contributed by atoms with E-state index in [-0.39, 0.29) is 5.82 Å². The minimum atomic E-state index is -0.812. The molecule has 0 spiro atoms. The van der Waals surface area contributed by atoms with Gasteiger partial charge in [-0.05, 0) is 43.0 Å². The number of halogens is 1. The van der Waals surface area contributed by atoms with Crippen molar-refractivity contribution in [1.29, 1.82) is 0 Å². The molecule has 4 heteroatoms. The van der Waals surface area contributed by atoms with E-state index in [9.17, 15) is 14.3 Å². The van der Waals surface area contributed by atoms with E-state index in [4.69, 9.17) is 0 Å². The number of aromatic nitrogens is 1. The Bertz CT molecular complexity index is 645. The zero-order valence-electron chi connectivity index (χ0n) is 10.1. The molecular weight excluding hydrogens is 233 g/mol. The van der Waals surface area contributed by atoms with Crippen LogP contribution in [-0.2, 0) is 18.3 Å². The van der Waals surface area contributed by atoms with Gasteiger partial charge in [0.2, 0.25) is 0 Å². The van der Waals surface area contributed by atoms with Crippen molar-refractivity contribution in [2.24, 2.45) is 7.05 Å². The molecule has 0 radical (unpaired) electrons. The summed E-state index contributed by atoms with van der Waals surface area (Å²) in [5.41, 5.74) is 2.76.